The van der Waals surface area contributed by atoms with E-state index in [0.29, 0.717) is 12.0 Å². The normalized spacial score (nSPS) is 29.6. The summed E-state index contributed by atoms with van der Waals surface area (Å²) in [6.45, 7) is 6.74. The second kappa shape index (κ2) is 6.55. The second-order valence-corrected chi connectivity index (χ2v) is 4.93. The molecule has 3 unspecified atom stereocenters. The highest BCUT2D eigenvalue weighted by Gasteiger charge is 2.27. The van der Waals surface area contributed by atoms with Crippen LogP contribution in [0.4, 0.5) is 0 Å². The average Bonchev–Trinajstić information content (AvgIpc) is 2.24. The van der Waals surface area contributed by atoms with Gasteiger partial charge < -0.3 is 19.7 Å². The van der Waals surface area contributed by atoms with Crippen molar-refractivity contribution in [1.29, 1.82) is 0 Å². The predicted molar refractivity (Wildman–Crippen MR) is 65.5 cm³/mol. The molecule has 1 saturated heterocycles. The van der Waals surface area contributed by atoms with E-state index in [2.05, 4.69) is 31.1 Å². The van der Waals surface area contributed by atoms with Gasteiger partial charge in [-0.1, -0.05) is 6.92 Å². The van der Waals surface area contributed by atoms with Crippen LogP contribution in [0, 0.1) is 5.92 Å². The Labute approximate surface area is 99.3 Å². The summed E-state index contributed by atoms with van der Waals surface area (Å²) >= 11 is 0. The molecule has 16 heavy (non-hydrogen) atoms. The van der Waals surface area contributed by atoms with E-state index < -0.39 is 0 Å². The minimum atomic E-state index is -0.160. The highest BCUT2D eigenvalue weighted by Crippen LogP contribution is 2.16. The lowest BCUT2D eigenvalue weighted by molar-refractivity contribution is -0.122. The van der Waals surface area contributed by atoms with Crippen LogP contribution in [0.2, 0.25) is 0 Å². The molecule has 0 aromatic heterocycles. The third-order valence-electron chi connectivity index (χ3n) is 3.46. The second-order valence-electron chi connectivity index (χ2n) is 4.93. The molecule has 1 rings (SSSR count). The molecule has 1 heterocycles. The fourth-order valence-corrected chi connectivity index (χ4v) is 2.52. The van der Waals surface area contributed by atoms with Crippen molar-refractivity contribution in [3.8, 4) is 0 Å². The van der Waals surface area contributed by atoms with E-state index in [-0.39, 0.29) is 12.3 Å². The molecule has 1 aliphatic rings. The van der Waals surface area contributed by atoms with Gasteiger partial charge in [-0.05, 0) is 32.9 Å². The fraction of sp³-hybridized carbons (Fsp3) is 1.00. The minimum absolute atomic E-state index is 0.160. The number of hydrogen-bond donors (Lipinski definition) is 1. The number of rotatable bonds is 5. The van der Waals surface area contributed by atoms with Gasteiger partial charge in [-0.2, -0.15) is 0 Å². The third-order valence-corrected chi connectivity index (χ3v) is 3.46. The number of nitrogens with one attached hydrogen (secondary N) is 1. The first-order valence-corrected chi connectivity index (χ1v) is 6.08. The van der Waals surface area contributed by atoms with E-state index >= 15 is 0 Å². The Balaban J connectivity index is 2.41. The monoisotopic (exact) mass is 230 g/mol. The molecular weight excluding hydrogens is 204 g/mol. The summed E-state index contributed by atoms with van der Waals surface area (Å²) in [5, 5.41) is 3.61. The molecule has 1 fully saturated rings. The highest BCUT2D eigenvalue weighted by atomic mass is 16.7. The van der Waals surface area contributed by atoms with Gasteiger partial charge in [0.25, 0.3) is 0 Å². The van der Waals surface area contributed by atoms with Gasteiger partial charge in [0.1, 0.15) is 0 Å². The first-order chi connectivity index (χ1) is 7.58. The van der Waals surface area contributed by atoms with Gasteiger partial charge in [0.15, 0.2) is 6.29 Å². The van der Waals surface area contributed by atoms with E-state index in [1.807, 2.05) is 0 Å². The maximum atomic E-state index is 5.26. The summed E-state index contributed by atoms with van der Waals surface area (Å²) in [5.74, 6) is 0.676. The molecule has 96 valence electrons. The van der Waals surface area contributed by atoms with Crippen LogP contribution in [0.3, 0.4) is 0 Å². The van der Waals surface area contributed by atoms with Gasteiger partial charge in [-0.15, -0.1) is 0 Å². The molecule has 0 spiro atoms. The fourth-order valence-electron chi connectivity index (χ4n) is 2.52. The summed E-state index contributed by atoms with van der Waals surface area (Å²) in [6.07, 6.45) is 1.04. The molecule has 0 bridgehead atoms. The van der Waals surface area contributed by atoms with Gasteiger partial charge in [0, 0.05) is 26.8 Å². The van der Waals surface area contributed by atoms with Crippen molar-refractivity contribution in [2.45, 2.75) is 38.6 Å². The van der Waals surface area contributed by atoms with Crippen LogP contribution in [0.1, 0.15) is 20.3 Å². The summed E-state index contributed by atoms with van der Waals surface area (Å²) in [6, 6.07) is 0.796. The molecule has 3 atom stereocenters. The maximum absolute atomic E-state index is 5.26. The summed E-state index contributed by atoms with van der Waals surface area (Å²) in [7, 11) is 5.55. The molecule has 0 amide bonds. The van der Waals surface area contributed by atoms with E-state index in [1.54, 1.807) is 14.2 Å². The Morgan fingerprint density at radius 2 is 1.94 bits per heavy atom. The average molecular weight is 230 g/mol. The first-order valence-electron chi connectivity index (χ1n) is 6.08. The largest absolute Gasteiger partial charge is 0.354 e. The molecule has 1 N–H and O–H groups in total. The Hall–Kier alpha value is -0.160. The van der Waals surface area contributed by atoms with Crippen LogP contribution in [-0.4, -0.2) is 57.6 Å². The first kappa shape index (κ1) is 13.9. The Morgan fingerprint density at radius 1 is 1.31 bits per heavy atom. The SMILES string of the molecule is COC(OC)C(C)NC1CCN(C)CC1C. The van der Waals surface area contributed by atoms with Gasteiger partial charge in [0.2, 0.25) is 0 Å². The lowest BCUT2D eigenvalue weighted by Crippen LogP contribution is -2.52. The van der Waals surface area contributed by atoms with Crippen molar-refractivity contribution in [2.24, 2.45) is 5.92 Å². The number of likely N-dealkylation sites (tertiary alicyclic amines) is 1. The van der Waals surface area contributed by atoms with E-state index in [9.17, 15) is 0 Å². The molecule has 4 nitrogen and oxygen atoms in total. The number of nitrogens with zero attached hydrogens (tertiary/aromatic N) is 1. The summed E-state index contributed by atoms with van der Waals surface area (Å²) in [4.78, 5) is 2.39. The lowest BCUT2D eigenvalue weighted by Gasteiger charge is -2.37. The topological polar surface area (TPSA) is 33.7 Å². The zero-order chi connectivity index (χ0) is 12.1. The van der Waals surface area contributed by atoms with E-state index in [4.69, 9.17) is 9.47 Å². The molecular formula is C12H26N2O2. The van der Waals surface area contributed by atoms with Crippen LogP contribution in [0.25, 0.3) is 0 Å². The van der Waals surface area contributed by atoms with Crippen LogP contribution >= 0.6 is 0 Å². The molecule has 0 radical (unpaired) electrons. The smallest absolute Gasteiger partial charge is 0.171 e. The third kappa shape index (κ3) is 3.70. The maximum Gasteiger partial charge on any atom is 0.171 e. The number of methoxy groups -OCH3 is 2. The lowest BCUT2D eigenvalue weighted by atomic mass is 9.93. The van der Waals surface area contributed by atoms with Gasteiger partial charge in [0.05, 0.1) is 6.04 Å². The molecule has 0 aliphatic carbocycles. The molecule has 1 aliphatic heterocycles. The molecule has 0 aromatic carbocycles. The van der Waals surface area contributed by atoms with Crippen molar-refractivity contribution in [3.05, 3.63) is 0 Å². The van der Waals surface area contributed by atoms with Gasteiger partial charge in [-0.3, -0.25) is 0 Å². The zero-order valence-corrected chi connectivity index (χ0v) is 11.2. The minimum Gasteiger partial charge on any atom is -0.354 e. The van der Waals surface area contributed by atoms with Crippen molar-refractivity contribution in [1.82, 2.24) is 10.2 Å². The van der Waals surface area contributed by atoms with Crippen LogP contribution < -0.4 is 5.32 Å². The van der Waals surface area contributed by atoms with Crippen molar-refractivity contribution in [2.75, 3.05) is 34.4 Å². The quantitative estimate of drug-likeness (QED) is 0.712. The number of piperidine rings is 1. The van der Waals surface area contributed by atoms with Crippen LogP contribution in [0.5, 0.6) is 0 Å². The zero-order valence-electron chi connectivity index (χ0n) is 11.2. The van der Waals surface area contributed by atoms with Crippen LogP contribution in [0.15, 0.2) is 0 Å². The van der Waals surface area contributed by atoms with Crippen molar-refractivity contribution in [3.63, 3.8) is 0 Å². The summed E-state index contributed by atoms with van der Waals surface area (Å²) < 4.78 is 10.5. The molecule has 0 saturated carbocycles. The Morgan fingerprint density at radius 3 is 2.44 bits per heavy atom. The van der Waals surface area contributed by atoms with Crippen molar-refractivity contribution >= 4 is 0 Å². The Bertz CT molecular complexity index is 197. The van der Waals surface area contributed by atoms with Gasteiger partial charge >= 0.3 is 0 Å². The van der Waals surface area contributed by atoms with E-state index in [0.717, 1.165) is 6.54 Å². The summed E-state index contributed by atoms with van der Waals surface area (Å²) in [5.41, 5.74) is 0. The number of hydrogen-bond acceptors (Lipinski definition) is 4. The van der Waals surface area contributed by atoms with Crippen LogP contribution in [-0.2, 0) is 9.47 Å². The number of ether oxygens (including phenoxy) is 2. The molecule has 4 heteroatoms. The van der Waals surface area contributed by atoms with Gasteiger partial charge in [-0.25, -0.2) is 0 Å². The van der Waals surface area contributed by atoms with Crippen molar-refractivity contribution < 1.29 is 9.47 Å². The highest BCUT2D eigenvalue weighted by molar-refractivity contribution is 4.84. The standard InChI is InChI=1S/C12H26N2O2/c1-9-8-14(3)7-6-11(9)13-10(2)12(15-4)16-5/h9-13H,6-8H2,1-5H3. The Kier molecular flexibility index (Phi) is 5.69. The molecule has 0 aromatic rings. The predicted octanol–water partition coefficient (Wildman–Crippen LogP) is 0.924. The van der Waals surface area contributed by atoms with E-state index in [1.165, 1.54) is 13.0 Å².